The fourth-order valence-electron chi connectivity index (χ4n) is 1.46. The van der Waals surface area contributed by atoms with Crippen LogP contribution in [0.15, 0.2) is 18.2 Å². The molecular weight excluding hydrogens is 188 g/mol. The summed E-state index contributed by atoms with van der Waals surface area (Å²) in [5.74, 6) is 0.749. The lowest BCUT2D eigenvalue weighted by atomic mass is 10.1. The fourth-order valence-corrected chi connectivity index (χ4v) is 1.46. The quantitative estimate of drug-likeness (QED) is 0.743. The van der Waals surface area contributed by atoms with Crippen molar-refractivity contribution in [1.82, 2.24) is 0 Å². The first-order valence-corrected chi connectivity index (χ1v) is 5.29. The summed E-state index contributed by atoms with van der Waals surface area (Å²) in [5, 5.41) is 0. The average Bonchev–Trinajstić information content (AvgIpc) is 2.08. The first-order chi connectivity index (χ1) is 6.99. The van der Waals surface area contributed by atoms with Crippen LogP contribution in [-0.2, 0) is 6.42 Å². The molecule has 0 heterocycles. The van der Waals surface area contributed by atoms with E-state index in [1.807, 2.05) is 39.0 Å². The van der Waals surface area contributed by atoms with E-state index < -0.39 is 0 Å². The zero-order valence-electron chi connectivity index (χ0n) is 9.66. The molecule has 1 unspecified atom stereocenters. The Hall–Kier alpha value is -1.22. The first-order valence-electron chi connectivity index (χ1n) is 5.29. The van der Waals surface area contributed by atoms with E-state index in [-0.39, 0.29) is 12.1 Å². The molecular formula is C12H20N2O. The molecule has 1 aromatic carbocycles. The molecule has 0 fully saturated rings. The van der Waals surface area contributed by atoms with Gasteiger partial charge in [0.05, 0.1) is 11.8 Å². The van der Waals surface area contributed by atoms with Gasteiger partial charge >= 0.3 is 0 Å². The number of nitrogens with two attached hydrogens (primary N) is 2. The Morgan fingerprint density at radius 3 is 2.40 bits per heavy atom. The molecule has 1 aromatic rings. The van der Waals surface area contributed by atoms with E-state index in [9.17, 15) is 0 Å². The van der Waals surface area contributed by atoms with Gasteiger partial charge in [-0.15, -0.1) is 0 Å². The van der Waals surface area contributed by atoms with Crippen molar-refractivity contribution in [3.8, 4) is 5.75 Å². The van der Waals surface area contributed by atoms with Crippen molar-refractivity contribution < 1.29 is 4.74 Å². The summed E-state index contributed by atoms with van der Waals surface area (Å²) in [7, 11) is 0. The molecule has 0 bridgehead atoms. The Kier molecular flexibility index (Phi) is 3.97. The number of ether oxygens (including phenoxy) is 1. The van der Waals surface area contributed by atoms with Crippen molar-refractivity contribution in [2.24, 2.45) is 5.73 Å². The van der Waals surface area contributed by atoms with Crippen LogP contribution in [0.5, 0.6) is 5.75 Å². The van der Waals surface area contributed by atoms with Gasteiger partial charge in [0, 0.05) is 6.04 Å². The Morgan fingerprint density at radius 1 is 1.27 bits per heavy atom. The summed E-state index contributed by atoms with van der Waals surface area (Å²) in [4.78, 5) is 0. The SMILES string of the molecule is CC(N)Cc1ccc(OC(C)C)c(N)c1. The highest BCUT2D eigenvalue weighted by molar-refractivity contribution is 5.54. The lowest BCUT2D eigenvalue weighted by Gasteiger charge is -2.13. The van der Waals surface area contributed by atoms with Crippen molar-refractivity contribution in [3.05, 3.63) is 23.8 Å². The highest BCUT2D eigenvalue weighted by Gasteiger charge is 2.05. The zero-order chi connectivity index (χ0) is 11.4. The van der Waals surface area contributed by atoms with Crippen molar-refractivity contribution in [2.45, 2.75) is 39.3 Å². The van der Waals surface area contributed by atoms with Gasteiger partial charge in [0.1, 0.15) is 5.75 Å². The minimum absolute atomic E-state index is 0.145. The maximum Gasteiger partial charge on any atom is 0.142 e. The van der Waals surface area contributed by atoms with Gasteiger partial charge in [-0.25, -0.2) is 0 Å². The monoisotopic (exact) mass is 208 g/mol. The second-order valence-corrected chi connectivity index (χ2v) is 4.22. The highest BCUT2D eigenvalue weighted by atomic mass is 16.5. The minimum Gasteiger partial charge on any atom is -0.489 e. The molecule has 0 spiro atoms. The number of rotatable bonds is 4. The van der Waals surface area contributed by atoms with Gasteiger partial charge in [-0.3, -0.25) is 0 Å². The van der Waals surface area contributed by atoms with Crippen LogP contribution in [0.2, 0.25) is 0 Å². The van der Waals surface area contributed by atoms with Crippen LogP contribution in [-0.4, -0.2) is 12.1 Å². The van der Waals surface area contributed by atoms with Gasteiger partial charge in [-0.05, 0) is 44.9 Å². The molecule has 0 aliphatic heterocycles. The smallest absolute Gasteiger partial charge is 0.142 e. The largest absolute Gasteiger partial charge is 0.489 e. The van der Waals surface area contributed by atoms with Crippen LogP contribution in [0.1, 0.15) is 26.3 Å². The summed E-state index contributed by atoms with van der Waals surface area (Å²) >= 11 is 0. The molecule has 4 N–H and O–H groups in total. The Balaban J connectivity index is 2.78. The third-order valence-corrected chi connectivity index (χ3v) is 1.99. The maximum absolute atomic E-state index is 5.88. The summed E-state index contributed by atoms with van der Waals surface area (Å²) in [6.07, 6.45) is 0.984. The van der Waals surface area contributed by atoms with Gasteiger partial charge in [0.2, 0.25) is 0 Å². The molecule has 0 aliphatic carbocycles. The summed E-state index contributed by atoms with van der Waals surface area (Å²) in [6, 6.07) is 6.01. The summed E-state index contributed by atoms with van der Waals surface area (Å²) < 4.78 is 5.55. The maximum atomic E-state index is 5.88. The van der Waals surface area contributed by atoms with Crippen LogP contribution >= 0.6 is 0 Å². The number of anilines is 1. The standard InChI is InChI=1S/C12H20N2O/c1-8(2)15-12-5-4-10(6-9(3)13)7-11(12)14/h4-5,7-9H,6,13-14H2,1-3H3. The zero-order valence-corrected chi connectivity index (χ0v) is 9.66. The predicted octanol–water partition coefficient (Wildman–Crippen LogP) is 1.95. The average molecular weight is 208 g/mol. The summed E-state index contributed by atoms with van der Waals surface area (Å²) in [6.45, 7) is 5.94. The molecule has 3 heteroatoms. The molecule has 0 saturated carbocycles. The van der Waals surface area contributed by atoms with E-state index in [0.717, 1.165) is 17.7 Å². The Labute approximate surface area is 91.4 Å². The lowest BCUT2D eigenvalue weighted by molar-refractivity contribution is 0.244. The van der Waals surface area contributed by atoms with Gasteiger partial charge in [0.25, 0.3) is 0 Å². The van der Waals surface area contributed by atoms with Crippen molar-refractivity contribution in [2.75, 3.05) is 5.73 Å². The third kappa shape index (κ3) is 3.80. The third-order valence-electron chi connectivity index (χ3n) is 1.99. The molecule has 0 radical (unpaired) electrons. The van der Waals surface area contributed by atoms with Crippen LogP contribution in [0.3, 0.4) is 0 Å². The second-order valence-electron chi connectivity index (χ2n) is 4.22. The van der Waals surface area contributed by atoms with Crippen molar-refractivity contribution in [1.29, 1.82) is 0 Å². The topological polar surface area (TPSA) is 61.3 Å². The molecule has 1 atom stereocenters. The summed E-state index contributed by atoms with van der Waals surface area (Å²) in [5.41, 5.74) is 13.4. The lowest BCUT2D eigenvalue weighted by Crippen LogP contribution is -2.17. The van der Waals surface area contributed by atoms with E-state index in [1.165, 1.54) is 0 Å². The molecule has 15 heavy (non-hydrogen) atoms. The normalized spacial score (nSPS) is 12.9. The number of hydrogen-bond acceptors (Lipinski definition) is 3. The van der Waals surface area contributed by atoms with Crippen LogP contribution in [0, 0.1) is 0 Å². The van der Waals surface area contributed by atoms with Gasteiger partial charge in [-0.2, -0.15) is 0 Å². The van der Waals surface area contributed by atoms with E-state index in [1.54, 1.807) is 0 Å². The van der Waals surface area contributed by atoms with Gasteiger partial charge < -0.3 is 16.2 Å². The van der Waals surface area contributed by atoms with Crippen LogP contribution < -0.4 is 16.2 Å². The fraction of sp³-hybridized carbons (Fsp3) is 0.500. The Bertz CT molecular complexity index is 321. The highest BCUT2D eigenvalue weighted by Crippen LogP contribution is 2.24. The molecule has 0 aromatic heterocycles. The Morgan fingerprint density at radius 2 is 1.93 bits per heavy atom. The van der Waals surface area contributed by atoms with Crippen LogP contribution in [0.4, 0.5) is 5.69 Å². The van der Waals surface area contributed by atoms with E-state index >= 15 is 0 Å². The number of hydrogen-bond donors (Lipinski definition) is 2. The van der Waals surface area contributed by atoms with Crippen LogP contribution in [0.25, 0.3) is 0 Å². The van der Waals surface area contributed by atoms with Crippen molar-refractivity contribution in [3.63, 3.8) is 0 Å². The van der Waals surface area contributed by atoms with Crippen molar-refractivity contribution >= 4 is 5.69 Å². The minimum atomic E-state index is 0.145. The molecule has 0 saturated heterocycles. The number of nitrogen functional groups attached to an aromatic ring is 1. The molecule has 84 valence electrons. The van der Waals surface area contributed by atoms with E-state index in [2.05, 4.69) is 0 Å². The number of benzene rings is 1. The van der Waals surface area contributed by atoms with E-state index in [0.29, 0.717) is 5.69 Å². The molecule has 0 amide bonds. The first kappa shape index (κ1) is 11.9. The molecule has 0 aliphatic rings. The molecule has 1 rings (SSSR count). The molecule has 3 nitrogen and oxygen atoms in total. The second kappa shape index (κ2) is 5.03. The van der Waals surface area contributed by atoms with Gasteiger partial charge in [0.15, 0.2) is 0 Å². The van der Waals surface area contributed by atoms with E-state index in [4.69, 9.17) is 16.2 Å². The predicted molar refractivity (Wildman–Crippen MR) is 64.0 cm³/mol. The van der Waals surface area contributed by atoms with Gasteiger partial charge in [-0.1, -0.05) is 6.07 Å².